The molecule has 1 aromatic heterocycles. The van der Waals surface area contributed by atoms with Gasteiger partial charge in [0.05, 0.1) is 12.3 Å². The minimum absolute atomic E-state index is 0.112. The van der Waals surface area contributed by atoms with Crippen molar-refractivity contribution < 1.29 is 25.2 Å². The number of amides is 1. The van der Waals surface area contributed by atoms with Crippen LogP contribution in [0.1, 0.15) is 59.1 Å². The molecule has 232 valence electrons. The molecule has 9 heteroatoms. The van der Waals surface area contributed by atoms with E-state index in [9.17, 15) is 14.4 Å². The van der Waals surface area contributed by atoms with Crippen LogP contribution in [-0.4, -0.2) is 54.3 Å². The van der Waals surface area contributed by atoms with Crippen molar-refractivity contribution in [2.24, 2.45) is 5.92 Å². The van der Waals surface area contributed by atoms with Crippen LogP contribution in [0.3, 0.4) is 0 Å². The third-order valence-corrected chi connectivity index (χ3v) is 7.88. The van der Waals surface area contributed by atoms with E-state index in [0.29, 0.717) is 35.2 Å². The first-order valence-corrected chi connectivity index (χ1v) is 15.2. The number of nitrogens with one attached hydrogen (secondary N) is 1. The lowest BCUT2D eigenvalue weighted by molar-refractivity contribution is -0.141. The molecule has 0 radical (unpaired) electrons. The van der Waals surface area contributed by atoms with Crippen molar-refractivity contribution in [3.05, 3.63) is 107 Å². The van der Waals surface area contributed by atoms with Gasteiger partial charge in [0.1, 0.15) is 26.6 Å². The number of aryl methyl sites for hydroxylation is 1. The Kier molecular flexibility index (Phi) is 10.1. The summed E-state index contributed by atoms with van der Waals surface area (Å²) < 4.78 is 18.3. The first-order valence-electron chi connectivity index (χ1n) is 15.7. The summed E-state index contributed by atoms with van der Waals surface area (Å²) in [5.74, 6) is 0.188. The standard InChI is InChI=1S/C36H38N4O5/c1-3-44-33(42)22-37-36(43)34-35(45-24-28-7-5-4-6-8-28)25(2)38-32(39-34)21-26-17-19-40(20-18-26)31-15-13-30(14-16-31)29-11-9-27(23-41)10-12-29/h4-16,23,26H,3,17-22,24H2,1-2H3,(H,37,43)/i23D. The Labute approximate surface area is 265 Å². The van der Waals surface area contributed by atoms with Crippen LogP contribution in [0.25, 0.3) is 11.1 Å². The summed E-state index contributed by atoms with van der Waals surface area (Å²) in [6.45, 7) is 5.51. The first kappa shape index (κ1) is 30.0. The molecular formula is C36H38N4O5. The molecule has 1 N–H and O–H groups in total. The number of hydrogen-bond donors (Lipinski definition) is 1. The maximum Gasteiger partial charge on any atom is 0.325 e. The van der Waals surface area contributed by atoms with Crippen LogP contribution in [0.2, 0.25) is 0 Å². The fourth-order valence-electron chi connectivity index (χ4n) is 5.47. The average molecular weight is 608 g/mol. The van der Waals surface area contributed by atoms with E-state index < -0.39 is 18.1 Å². The van der Waals surface area contributed by atoms with Crippen molar-refractivity contribution in [1.82, 2.24) is 15.3 Å². The van der Waals surface area contributed by atoms with Gasteiger partial charge in [-0.3, -0.25) is 14.4 Å². The van der Waals surface area contributed by atoms with Crippen molar-refractivity contribution in [2.75, 3.05) is 31.1 Å². The topological polar surface area (TPSA) is 111 Å². The largest absolute Gasteiger partial charge is 0.485 e. The van der Waals surface area contributed by atoms with E-state index in [2.05, 4.69) is 39.5 Å². The lowest BCUT2D eigenvalue weighted by atomic mass is 9.92. The second-order valence-corrected chi connectivity index (χ2v) is 11.0. The normalized spacial score (nSPS) is 13.6. The number of piperidine rings is 1. The van der Waals surface area contributed by atoms with E-state index in [1.165, 1.54) is 0 Å². The van der Waals surface area contributed by atoms with Crippen LogP contribution < -0.4 is 15.0 Å². The van der Waals surface area contributed by atoms with E-state index in [4.69, 9.17) is 15.8 Å². The van der Waals surface area contributed by atoms with E-state index in [-0.39, 0.29) is 25.5 Å². The molecule has 2 heterocycles. The molecule has 1 fully saturated rings. The van der Waals surface area contributed by atoms with Crippen LogP contribution in [0.5, 0.6) is 5.75 Å². The van der Waals surface area contributed by atoms with Gasteiger partial charge in [0.2, 0.25) is 0 Å². The summed E-state index contributed by atoms with van der Waals surface area (Å²) in [7, 11) is 0. The highest BCUT2D eigenvalue weighted by Crippen LogP contribution is 2.29. The number of benzene rings is 3. The Balaban J connectivity index is 1.23. The number of aldehydes is 1. The summed E-state index contributed by atoms with van der Waals surface area (Å²) in [6.07, 6.45) is 1.84. The molecule has 1 aliphatic rings. The first-order chi connectivity index (χ1) is 22.3. The molecule has 0 bridgehead atoms. The summed E-state index contributed by atoms with van der Waals surface area (Å²) in [4.78, 5) is 48.1. The molecule has 0 unspecified atom stereocenters. The number of ether oxygens (including phenoxy) is 2. The van der Waals surface area contributed by atoms with Gasteiger partial charge < -0.3 is 19.7 Å². The zero-order valence-electron chi connectivity index (χ0n) is 26.6. The number of esters is 1. The summed E-state index contributed by atoms with van der Waals surface area (Å²) in [6, 6.07) is 25.1. The van der Waals surface area contributed by atoms with Gasteiger partial charge in [-0.05, 0) is 61.4 Å². The van der Waals surface area contributed by atoms with Gasteiger partial charge in [-0.2, -0.15) is 0 Å². The highest BCUT2D eigenvalue weighted by atomic mass is 16.5. The van der Waals surface area contributed by atoms with Crippen molar-refractivity contribution in [3.63, 3.8) is 0 Å². The van der Waals surface area contributed by atoms with Gasteiger partial charge in [0.15, 0.2) is 11.4 Å². The van der Waals surface area contributed by atoms with Gasteiger partial charge in [-0.15, -0.1) is 0 Å². The van der Waals surface area contributed by atoms with Crippen LogP contribution in [0, 0.1) is 12.8 Å². The van der Waals surface area contributed by atoms with Gasteiger partial charge in [-0.25, -0.2) is 9.97 Å². The molecule has 0 aliphatic carbocycles. The summed E-state index contributed by atoms with van der Waals surface area (Å²) >= 11 is 0. The Bertz CT molecular complexity index is 1650. The maximum absolute atomic E-state index is 13.2. The zero-order valence-corrected chi connectivity index (χ0v) is 25.6. The van der Waals surface area contributed by atoms with Crippen LogP contribution in [0.15, 0.2) is 78.9 Å². The number of nitrogens with zero attached hydrogens (tertiary/aromatic N) is 3. The van der Waals surface area contributed by atoms with Crippen LogP contribution in [-0.2, 0) is 22.6 Å². The lowest BCUT2D eigenvalue weighted by Gasteiger charge is -2.33. The molecule has 1 amide bonds. The van der Waals surface area contributed by atoms with Gasteiger partial charge in [-0.1, -0.05) is 66.7 Å². The highest BCUT2D eigenvalue weighted by Gasteiger charge is 2.25. The minimum atomic E-state index is -0.686. The Morgan fingerprint density at radius 3 is 2.29 bits per heavy atom. The molecule has 0 spiro atoms. The molecule has 5 rings (SSSR count). The third kappa shape index (κ3) is 8.32. The molecule has 9 nitrogen and oxygen atoms in total. The van der Waals surface area contributed by atoms with E-state index in [0.717, 1.165) is 48.3 Å². The molecule has 0 saturated carbocycles. The second-order valence-electron chi connectivity index (χ2n) is 11.0. The number of hydrogen-bond acceptors (Lipinski definition) is 8. The molecule has 1 aliphatic heterocycles. The Morgan fingerprint density at radius 2 is 1.64 bits per heavy atom. The third-order valence-electron chi connectivity index (χ3n) is 7.88. The summed E-state index contributed by atoms with van der Waals surface area (Å²) in [5, 5.41) is 2.61. The predicted molar refractivity (Wildman–Crippen MR) is 172 cm³/mol. The zero-order chi connectivity index (χ0) is 32.5. The summed E-state index contributed by atoms with van der Waals surface area (Å²) in [5.41, 5.74) is 5.20. The predicted octanol–water partition coefficient (Wildman–Crippen LogP) is 5.60. The van der Waals surface area contributed by atoms with Crippen LogP contribution >= 0.6 is 0 Å². The maximum atomic E-state index is 13.2. The average Bonchev–Trinajstić information content (AvgIpc) is 3.07. The molecule has 3 aromatic carbocycles. The van der Waals surface area contributed by atoms with Gasteiger partial charge in [0, 0.05) is 30.8 Å². The van der Waals surface area contributed by atoms with Crippen LogP contribution in [0.4, 0.5) is 5.69 Å². The highest BCUT2D eigenvalue weighted by molar-refractivity contribution is 5.96. The fraction of sp³-hybridized carbons (Fsp3) is 0.306. The number of carbonyl (C=O) groups is 3. The Hall–Kier alpha value is -5.05. The van der Waals surface area contributed by atoms with Gasteiger partial charge in [0.25, 0.3) is 5.91 Å². The quantitative estimate of drug-likeness (QED) is 0.164. The Morgan fingerprint density at radius 1 is 0.978 bits per heavy atom. The molecule has 0 atom stereocenters. The molecule has 4 aromatic rings. The molecule has 1 saturated heterocycles. The monoisotopic (exact) mass is 607 g/mol. The number of carbonyl (C=O) groups excluding carboxylic acids is 3. The van der Waals surface area contributed by atoms with E-state index in [1.54, 1.807) is 19.1 Å². The van der Waals surface area contributed by atoms with E-state index in [1.807, 2.05) is 49.4 Å². The lowest BCUT2D eigenvalue weighted by Crippen LogP contribution is -2.35. The van der Waals surface area contributed by atoms with Crippen molar-refractivity contribution in [3.8, 4) is 16.9 Å². The van der Waals surface area contributed by atoms with E-state index >= 15 is 0 Å². The number of rotatable bonds is 12. The smallest absolute Gasteiger partial charge is 0.325 e. The fourth-order valence-corrected chi connectivity index (χ4v) is 5.47. The van der Waals surface area contributed by atoms with Crippen molar-refractivity contribution >= 4 is 23.8 Å². The van der Waals surface area contributed by atoms with Crippen molar-refractivity contribution in [2.45, 2.75) is 39.7 Å². The molecule has 45 heavy (non-hydrogen) atoms. The SMILES string of the molecule is [2H]C(=O)c1ccc(-c2ccc(N3CCC(Cc4nc(C)c(OCc5ccccc5)c(C(=O)NCC(=O)OCC)n4)CC3)cc2)cc1. The molecular weight excluding hydrogens is 568 g/mol. The second kappa shape index (κ2) is 15.1. The number of anilines is 1. The minimum Gasteiger partial charge on any atom is -0.485 e. The number of aromatic nitrogens is 2. The van der Waals surface area contributed by atoms with Crippen molar-refractivity contribution in [1.29, 1.82) is 0 Å². The van der Waals surface area contributed by atoms with Gasteiger partial charge >= 0.3 is 5.97 Å².